The maximum absolute atomic E-state index is 3.26. The van der Waals surface area contributed by atoms with Crippen molar-refractivity contribution in [2.24, 2.45) is 0 Å². The van der Waals surface area contributed by atoms with Gasteiger partial charge in [0.1, 0.15) is 0 Å². The van der Waals surface area contributed by atoms with Crippen LogP contribution in [0.3, 0.4) is 0 Å². The Hall–Kier alpha value is -0.860. The molecule has 94 valence electrons. The van der Waals surface area contributed by atoms with E-state index >= 15 is 0 Å². The van der Waals surface area contributed by atoms with Crippen molar-refractivity contribution in [1.82, 2.24) is 10.4 Å². The van der Waals surface area contributed by atoms with E-state index in [1.807, 2.05) is 7.05 Å². The Bertz CT molecular complexity index is 396. The lowest BCUT2D eigenvalue weighted by molar-refractivity contribution is 0.189. The minimum atomic E-state index is 0.625. The van der Waals surface area contributed by atoms with Gasteiger partial charge in [0.15, 0.2) is 0 Å². The van der Waals surface area contributed by atoms with E-state index in [2.05, 4.69) is 43.3 Å². The van der Waals surface area contributed by atoms with Crippen molar-refractivity contribution in [3.8, 4) is 0 Å². The van der Waals surface area contributed by atoms with Gasteiger partial charge >= 0.3 is 0 Å². The average molecular weight is 232 g/mol. The van der Waals surface area contributed by atoms with Crippen LogP contribution in [0, 0.1) is 0 Å². The zero-order chi connectivity index (χ0) is 12.4. The number of hydrogen-bond donors (Lipinski definition) is 1. The third-order valence-corrected chi connectivity index (χ3v) is 3.79. The van der Waals surface area contributed by atoms with E-state index in [4.69, 9.17) is 0 Å². The summed E-state index contributed by atoms with van der Waals surface area (Å²) in [6.07, 6.45) is 2.32. The maximum Gasteiger partial charge on any atom is 0.0384 e. The van der Waals surface area contributed by atoms with E-state index in [1.54, 1.807) is 5.56 Å². The molecule has 1 aliphatic heterocycles. The molecule has 0 saturated heterocycles. The summed E-state index contributed by atoms with van der Waals surface area (Å²) in [7, 11) is 2.01. The molecule has 2 heteroatoms. The van der Waals surface area contributed by atoms with E-state index < -0.39 is 0 Å². The van der Waals surface area contributed by atoms with Crippen molar-refractivity contribution in [1.29, 1.82) is 0 Å². The van der Waals surface area contributed by atoms with Gasteiger partial charge in [0, 0.05) is 13.1 Å². The molecule has 0 spiro atoms. The standard InChI is InChI=1S/C15H24N2/c1-5-12-8-13-6-7-17(16-4)10-14(13)9-15(12)11(2)3/h8-9,11,16H,5-7,10H2,1-4H3. The summed E-state index contributed by atoms with van der Waals surface area (Å²) < 4.78 is 0. The van der Waals surface area contributed by atoms with Crippen LogP contribution in [-0.4, -0.2) is 18.6 Å². The second kappa shape index (κ2) is 5.19. The molecule has 1 aromatic rings. The van der Waals surface area contributed by atoms with Gasteiger partial charge in [0.05, 0.1) is 0 Å². The van der Waals surface area contributed by atoms with Crippen LogP contribution < -0.4 is 5.43 Å². The molecular formula is C15H24N2. The van der Waals surface area contributed by atoms with Crippen molar-refractivity contribution in [3.63, 3.8) is 0 Å². The van der Waals surface area contributed by atoms with Crippen LogP contribution in [0.5, 0.6) is 0 Å². The Kier molecular flexibility index (Phi) is 3.85. The topological polar surface area (TPSA) is 15.3 Å². The van der Waals surface area contributed by atoms with E-state index in [9.17, 15) is 0 Å². The molecule has 0 bridgehead atoms. The number of rotatable bonds is 3. The average Bonchev–Trinajstić information content (AvgIpc) is 2.36. The number of fused-ring (bicyclic) bond motifs is 1. The molecule has 1 aromatic carbocycles. The normalized spacial score (nSPS) is 16.3. The van der Waals surface area contributed by atoms with E-state index in [1.165, 1.54) is 23.1 Å². The zero-order valence-electron chi connectivity index (χ0n) is 11.5. The van der Waals surface area contributed by atoms with Gasteiger partial charge in [-0.15, -0.1) is 0 Å². The number of hydrogen-bond acceptors (Lipinski definition) is 2. The highest BCUT2D eigenvalue weighted by molar-refractivity contribution is 5.41. The number of benzene rings is 1. The fourth-order valence-corrected chi connectivity index (χ4v) is 2.71. The largest absolute Gasteiger partial charge is 0.258 e. The fourth-order valence-electron chi connectivity index (χ4n) is 2.71. The summed E-state index contributed by atoms with van der Waals surface area (Å²) in [6, 6.07) is 4.88. The Morgan fingerprint density at radius 3 is 2.65 bits per heavy atom. The third-order valence-electron chi connectivity index (χ3n) is 3.79. The maximum atomic E-state index is 3.26. The molecule has 17 heavy (non-hydrogen) atoms. The first kappa shape index (κ1) is 12.6. The van der Waals surface area contributed by atoms with E-state index in [0.717, 1.165) is 19.5 Å². The summed E-state index contributed by atoms with van der Waals surface area (Å²) >= 11 is 0. The first-order chi connectivity index (χ1) is 8.15. The molecule has 0 radical (unpaired) electrons. The van der Waals surface area contributed by atoms with Crippen LogP contribution in [-0.2, 0) is 19.4 Å². The first-order valence-corrected chi connectivity index (χ1v) is 6.72. The Balaban J connectivity index is 2.38. The Morgan fingerprint density at radius 1 is 1.29 bits per heavy atom. The van der Waals surface area contributed by atoms with Gasteiger partial charge < -0.3 is 0 Å². The van der Waals surface area contributed by atoms with Crippen LogP contribution in [0.1, 0.15) is 48.9 Å². The predicted molar refractivity (Wildman–Crippen MR) is 73.1 cm³/mol. The van der Waals surface area contributed by atoms with Crippen molar-refractivity contribution < 1.29 is 0 Å². The SMILES string of the molecule is CCc1cc2c(cc1C(C)C)CN(NC)CC2. The van der Waals surface area contributed by atoms with Crippen LogP contribution in [0.4, 0.5) is 0 Å². The van der Waals surface area contributed by atoms with Crippen molar-refractivity contribution >= 4 is 0 Å². The predicted octanol–water partition coefficient (Wildman–Crippen LogP) is 2.86. The molecule has 0 unspecified atom stereocenters. The summed E-state index contributed by atoms with van der Waals surface area (Å²) in [4.78, 5) is 0. The number of hydrazine groups is 1. The van der Waals surface area contributed by atoms with Gasteiger partial charge in [-0.3, -0.25) is 5.43 Å². The highest BCUT2D eigenvalue weighted by Gasteiger charge is 2.17. The molecule has 2 nitrogen and oxygen atoms in total. The minimum absolute atomic E-state index is 0.625. The first-order valence-electron chi connectivity index (χ1n) is 6.72. The van der Waals surface area contributed by atoms with Crippen molar-refractivity contribution in [2.75, 3.05) is 13.6 Å². The quantitative estimate of drug-likeness (QED) is 0.862. The molecule has 1 N–H and O–H groups in total. The van der Waals surface area contributed by atoms with Crippen LogP contribution in [0.2, 0.25) is 0 Å². The zero-order valence-corrected chi connectivity index (χ0v) is 11.5. The molecule has 0 aromatic heterocycles. The highest BCUT2D eigenvalue weighted by atomic mass is 15.5. The highest BCUT2D eigenvalue weighted by Crippen LogP contribution is 2.27. The lowest BCUT2D eigenvalue weighted by Gasteiger charge is -2.29. The Labute approximate surface area is 105 Å². The molecule has 1 aliphatic rings. The smallest absolute Gasteiger partial charge is 0.0384 e. The monoisotopic (exact) mass is 232 g/mol. The number of aryl methyl sites for hydroxylation is 1. The van der Waals surface area contributed by atoms with Gasteiger partial charge in [-0.1, -0.05) is 32.9 Å². The molecule has 2 rings (SSSR count). The Morgan fingerprint density at radius 2 is 2.06 bits per heavy atom. The number of nitrogens with one attached hydrogen (secondary N) is 1. The lowest BCUT2D eigenvalue weighted by Crippen LogP contribution is -2.39. The summed E-state index contributed by atoms with van der Waals surface area (Å²) in [5.74, 6) is 0.625. The molecule has 0 fully saturated rings. The van der Waals surface area contributed by atoms with Crippen molar-refractivity contribution in [3.05, 3.63) is 34.4 Å². The molecule has 0 amide bonds. The van der Waals surface area contributed by atoms with Crippen LogP contribution in [0.25, 0.3) is 0 Å². The lowest BCUT2D eigenvalue weighted by atomic mass is 9.88. The van der Waals surface area contributed by atoms with Gasteiger partial charge in [-0.05, 0) is 48.1 Å². The molecular weight excluding hydrogens is 208 g/mol. The van der Waals surface area contributed by atoms with Gasteiger partial charge in [-0.2, -0.15) is 0 Å². The van der Waals surface area contributed by atoms with Crippen molar-refractivity contribution in [2.45, 2.75) is 46.1 Å². The van der Waals surface area contributed by atoms with Crippen LogP contribution >= 0.6 is 0 Å². The second-order valence-electron chi connectivity index (χ2n) is 5.22. The third kappa shape index (κ3) is 2.53. The molecule has 0 aliphatic carbocycles. The summed E-state index contributed by atoms with van der Waals surface area (Å²) in [5, 5.41) is 2.29. The van der Waals surface area contributed by atoms with E-state index in [0.29, 0.717) is 5.92 Å². The molecule has 0 atom stereocenters. The van der Waals surface area contributed by atoms with Gasteiger partial charge in [0.2, 0.25) is 0 Å². The van der Waals surface area contributed by atoms with Crippen LogP contribution in [0.15, 0.2) is 12.1 Å². The summed E-state index contributed by atoms with van der Waals surface area (Å²) in [6.45, 7) is 9.00. The van der Waals surface area contributed by atoms with Gasteiger partial charge in [-0.25, -0.2) is 5.01 Å². The summed E-state index contributed by atoms with van der Waals surface area (Å²) in [5.41, 5.74) is 9.39. The second-order valence-corrected chi connectivity index (χ2v) is 5.22. The fraction of sp³-hybridized carbons (Fsp3) is 0.600. The number of nitrogens with zero attached hydrogens (tertiary/aromatic N) is 1. The van der Waals surface area contributed by atoms with Gasteiger partial charge in [0.25, 0.3) is 0 Å². The minimum Gasteiger partial charge on any atom is -0.258 e. The molecule has 0 saturated carbocycles. The molecule has 1 heterocycles. The van der Waals surface area contributed by atoms with E-state index in [-0.39, 0.29) is 0 Å².